The average molecular weight is 358 g/mol. The highest BCUT2D eigenvalue weighted by Crippen LogP contribution is 2.26. The Labute approximate surface area is 156 Å². The maximum Gasteiger partial charge on any atom is 0.261 e. The number of hydrogen-bond donors (Lipinski definition) is 1. The molecule has 5 nitrogen and oxygen atoms in total. The van der Waals surface area contributed by atoms with E-state index in [0.29, 0.717) is 6.42 Å². The molecule has 26 heavy (non-hydrogen) atoms. The Morgan fingerprint density at radius 1 is 1.12 bits per heavy atom. The first-order chi connectivity index (χ1) is 12.6. The van der Waals surface area contributed by atoms with Crippen LogP contribution in [0, 0.1) is 0 Å². The number of carbonyl (C=O) groups is 2. The minimum Gasteiger partial charge on any atom is -0.481 e. The molecule has 0 spiro atoms. The molecule has 1 aliphatic heterocycles. The van der Waals surface area contributed by atoms with E-state index in [1.165, 1.54) is 24.0 Å². The number of nitrogens with one attached hydrogen (secondary N) is 1. The van der Waals surface area contributed by atoms with Gasteiger partial charge in [-0.3, -0.25) is 9.59 Å². The number of likely N-dealkylation sites (tertiary alicyclic amines) is 1. The van der Waals surface area contributed by atoms with Crippen LogP contribution in [0.3, 0.4) is 0 Å². The minimum absolute atomic E-state index is 0.00503. The summed E-state index contributed by atoms with van der Waals surface area (Å²) < 4.78 is 5.94. The number of aryl methyl sites for hydroxylation is 2. The number of carbonyl (C=O) groups excluding carboxylic acids is 2. The monoisotopic (exact) mass is 358 g/mol. The summed E-state index contributed by atoms with van der Waals surface area (Å²) in [6.07, 6.45) is 6.65. The van der Waals surface area contributed by atoms with Crippen molar-refractivity contribution in [2.75, 3.05) is 13.1 Å². The first-order valence-electron chi connectivity index (χ1n) is 9.96. The van der Waals surface area contributed by atoms with Gasteiger partial charge in [0.2, 0.25) is 5.91 Å². The van der Waals surface area contributed by atoms with Crippen LogP contribution in [-0.2, 0) is 22.4 Å². The van der Waals surface area contributed by atoms with Crippen molar-refractivity contribution in [2.45, 2.75) is 70.9 Å². The predicted octanol–water partition coefficient (Wildman–Crippen LogP) is 2.85. The summed E-state index contributed by atoms with van der Waals surface area (Å²) in [6, 6.07) is 5.59. The van der Waals surface area contributed by atoms with Crippen molar-refractivity contribution >= 4 is 11.8 Å². The number of piperidine rings is 1. The van der Waals surface area contributed by atoms with Crippen LogP contribution in [0.1, 0.15) is 57.1 Å². The van der Waals surface area contributed by atoms with Crippen molar-refractivity contribution < 1.29 is 14.3 Å². The van der Waals surface area contributed by atoms with Crippen LogP contribution in [0.15, 0.2) is 18.2 Å². The summed E-state index contributed by atoms with van der Waals surface area (Å²) in [7, 11) is 0. The highest BCUT2D eigenvalue weighted by molar-refractivity contribution is 5.89. The quantitative estimate of drug-likeness (QED) is 0.851. The fourth-order valence-electron chi connectivity index (χ4n) is 3.86. The summed E-state index contributed by atoms with van der Waals surface area (Å²) >= 11 is 0. The molecule has 1 aliphatic carbocycles. The number of rotatable bonds is 6. The van der Waals surface area contributed by atoms with E-state index in [4.69, 9.17) is 4.74 Å². The molecule has 0 radical (unpaired) electrons. The standard InChI is InChI=1S/C21H30N2O3/c1-3-19(26-18-11-10-16-8-7-9-17(16)14-18)20(24)22-15(2)21(25)23-12-5-4-6-13-23/h10-11,14-15,19H,3-9,12-13H2,1-2H3,(H,22,24). The van der Waals surface area contributed by atoms with Gasteiger partial charge in [-0.25, -0.2) is 0 Å². The highest BCUT2D eigenvalue weighted by Gasteiger charge is 2.27. The Hall–Kier alpha value is -2.04. The SMILES string of the molecule is CCC(Oc1ccc2c(c1)CCC2)C(=O)NC(C)C(=O)N1CCCCC1. The first kappa shape index (κ1) is 18.7. The van der Waals surface area contributed by atoms with Crippen molar-refractivity contribution in [3.63, 3.8) is 0 Å². The second-order valence-electron chi connectivity index (χ2n) is 7.42. The number of hydrogen-bond acceptors (Lipinski definition) is 3. The third-order valence-electron chi connectivity index (χ3n) is 5.41. The van der Waals surface area contributed by atoms with Gasteiger partial charge in [-0.1, -0.05) is 13.0 Å². The second-order valence-corrected chi connectivity index (χ2v) is 7.42. The van der Waals surface area contributed by atoms with E-state index in [-0.39, 0.29) is 11.8 Å². The first-order valence-corrected chi connectivity index (χ1v) is 9.96. The van der Waals surface area contributed by atoms with E-state index < -0.39 is 12.1 Å². The normalized spacial score (nSPS) is 18.8. The molecule has 1 N–H and O–H groups in total. The van der Waals surface area contributed by atoms with Crippen molar-refractivity contribution in [2.24, 2.45) is 0 Å². The van der Waals surface area contributed by atoms with Crippen LogP contribution < -0.4 is 10.1 Å². The van der Waals surface area contributed by atoms with E-state index in [1.807, 2.05) is 17.9 Å². The zero-order chi connectivity index (χ0) is 18.5. The van der Waals surface area contributed by atoms with Crippen molar-refractivity contribution in [1.29, 1.82) is 0 Å². The number of nitrogens with zero attached hydrogens (tertiary/aromatic N) is 1. The topological polar surface area (TPSA) is 58.6 Å². The summed E-state index contributed by atoms with van der Waals surface area (Å²) in [5.41, 5.74) is 2.71. The van der Waals surface area contributed by atoms with Crippen LogP contribution in [-0.4, -0.2) is 41.9 Å². The summed E-state index contributed by atoms with van der Waals surface area (Å²) in [6.45, 7) is 5.27. The van der Waals surface area contributed by atoms with Gasteiger partial charge in [0.05, 0.1) is 0 Å². The van der Waals surface area contributed by atoms with Gasteiger partial charge in [-0.15, -0.1) is 0 Å². The molecule has 0 aromatic heterocycles. The summed E-state index contributed by atoms with van der Waals surface area (Å²) in [4.78, 5) is 27.0. The fraction of sp³-hybridized carbons (Fsp3) is 0.619. The summed E-state index contributed by atoms with van der Waals surface area (Å²) in [5.74, 6) is 0.527. The van der Waals surface area contributed by atoms with E-state index in [1.54, 1.807) is 6.92 Å². The third-order valence-corrected chi connectivity index (χ3v) is 5.41. The van der Waals surface area contributed by atoms with E-state index in [0.717, 1.165) is 44.5 Å². The lowest BCUT2D eigenvalue weighted by Crippen LogP contribution is -2.51. The fourth-order valence-corrected chi connectivity index (χ4v) is 3.86. The highest BCUT2D eigenvalue weighted by atomic mass is 16.5. The van der Waals surface area contributed by atoms with E-state index >= 15 is 0 Å². The maximum absolute atomic E-state index is 12.6. The Morgan fingerprint density at radius 3 is 2.58 bits per heavy atom. The van der Waals surface area contributed by atoms with Crippen molar-refractivity contribution in [3.8, 4) is 5.75 Å². The number of benzene rings is 1. The molecule has 3 rings (SSSR count). The number of ether oxygens (including phenoxy) is 1. The molecule has 1 heterocycles. The zero-order valence-corrected chi connectivity index (χ0v) is 15.9. The Morgan fingerprint density at radius 2 is 1.85 bits per heavy atom. The third kappa shape index (κ3) is 4.37. The van der Waals surface area contributed by atoms with Crippen molar-refractivity contribution in [3.05, 3.63) is 29.3 Å². The Balaban J connectivity index is 1.57. The molecule has 2 aliphatic rings. The van der Waals surface area contributed by atoms with E-state index in [2.05, 4.69) is 17.4 Å². The number of fused-ring (bicyclic) bond motifs is 1. The molecule has 2 atom stereocenters. The lowest BCUT2D eigenvalue weighted by atomic mass is 10.1. The molecular weight excluding hydrogens is 328 g/mol. The van der Waals surface area contributed by atoms with Gasteiger partial charge in [0.25, 0.3) is 5.91 Å². The Bertz CT molecular complexity index is 653. The summed E-state index contributed by atoms with van der Waals surface area (Å²) in [5, 5.41) is 2.85. The molecule has 1 aromatic carbocycles. The molecule has 0 saturated carbocycles. The minimum atomic E-state index is -0.578. The van der Waals surface area contributed by atoms with Crippen LogP contribution >= 0.6 is 0 Å². The Kier molecular flexibility index (Phi) is 6.17. The second kappa shape index (κ2) is 8.56. The molecule has 2 amide bonds. The van der Waals surface area contributed by atoms with Gasteiger partial charge in [0, 0.05) is 13.1 Å². The molecule has 1 aromatic rings. The van der Waals surface area contributed by atoms with Crippen LogP contribution in [0.25, 0.3) is 0 Å². The van der Waals surface area contributed by atoms with Crippen LogP contribution in [0.5, 0.6) is 5.75 Å². The lowest BCUT2D eigenvalue weighted by Gasteiger charge is -2.30. The predicted molar refractivity (Wildman–Crippen MR) is 101 cm³/mol. The lowest BCUT2D eigenvalue weighted by molar-refractivity contribution is -0.138. The largest absolute Gasteiger partial charge is 0.481 e. The smallest absolute Gasteiger partial charge is 0.261 e. The molecule has 0 bridgehead atoms. The zero-order valence-electron chi connectivity index (χ0n) is 15.9. The molecule has 2 unspecified atom stereocenters. The number of amides is 2. The molecular formula is C21H30N2O3. The molecule has 1 saturated heterocycles. The van der Waals surface area contributed by atoms with Crippen LogP contribution in [0.2, 0.25) is 0 Å². The van der Waals surface area contributed by atoms with Gasteiger partial charge < -0.3 is 15.0 Å². The van der Waals surface area contributed by atoms with Gasteiger partial charge in [0.15, 0.2) is 6.10 Å². The van der Waals surface area contributed by atoms with Gasteiger partial charge in [-0.05, 0) is 75.1 Å². The molecule has 142 valence electrons. The average Bonchev–Trinajstić information content (AvgIpc) is 3.13. The van der Waals surface area contributed by atoms with Gasteiger partial charge >= 0.3 is 0 Å². The van der Waals surface area contributed by atoms with Crippen LogP contribution in [0.4, 0.5) is 0 Å². The molecule has 1 fully saturated rings. The van der Waals surface area contributed by atoms with Crippen molar-refractivity contribution in [1.82, 2.24) is 10.2 Å². The van der Waals surface area contributed by atoms with Gasteiger partial charge in [-0.2, -0.15) is 0 Å². The van der Waals surface area contributed by atoms with E-state index in [9.17, 15) is 9.59 Å². The molecule has 5 heteroatoms. The maximum atomic E-state index is 12.6. The van der Waals surface area contributed by atoms with Gasteiger partial charge in [0.1, 0.15) is 11.8 Å².